The second-order valence-electron chi connectivity index (χ2n) is 5.10. The van der Waals surface area contributed by atoms with Crippen molar-refractivity contribution < 1.29 is 14.7 Å². The van der Waals surface area contributed by atoms with Gasteiger partial charge in [0.15, 0.2) is 0 Å². The number of thiocarbonyl (C=S) groups is 1. The third kappa shape index (κ3) is 3.34. The molecule has 1 aliphatic rings. The molecule has 1 N–H and O–H groups in total. The number of amides is 1. The second kappa shape index (κ2) is 6.81. The van der Waals surface area contributed by atoms with Crippen LogP contribution in [0.1, 0.15) is 19.4 Å². The number of benzene rings is 1. The Bertz CT molecular complexity index is 673. The monoisotopic (exact) mass is 355 g/mol. The molecule has 1 amide bonds. The van der Waals surface area contributed by atoms with Crippen LogP contribution in [0.15, 0.2) is 29.2 Å². The van der Waals surface area contributed by atoms with Gasteiger partial charge in [-0.05, 0) is 23.6 Å². The molecule has 4 nitrogen and oxygen atoms in total. The fourth-order valence-corrected chi connectivity index (χ4v) is 3.66. The standard InChI is InChI=1S/C15H14ClNO3S2/c1-8(2)12(14(19)20)17-13(18)11(22-15(17)21)7-9-5-3-4-6-10(9)16/h3-8,12H,1-2H3,(H,19,20)/b11-7-/t12-/m0/s1. The maximum Gasteiger partial charge on any atom is 0.327 e. The number of carbonyl (C=O) groups is 2. The summed E-state index contributed by atoms with van der Waals surface area (Å²) in [5.41, 5.74) is 0.695. The first kappa shape index (κ1) is 17.0. The zero-order valence-corrected chi connectivity index (χ0v) is 14.3. The van der Waals surface area contributed by atoms with Gasteiger partial charge in [-0.25, -0.2) is 4.79 Å². The Morgan fingerprint density at radius 2 is 2.05 bits per heavy atom. The van der Waals surface area contributed by atoms with Crippen molar-refractivity contribution in [3.8, 4) is 0 Å². The number of thioether (sulfide) groups is 1. The van der Waals surface area contributed by atoms with Gasteiger partial charge in [0, 0.05) is 5.02 Å². The van der Waals surface area contributed by atoms with Gasteiger partial charge in [-0.2, -0.15) is 0 Å². The number of rotatable bonds is 4. The molecule has 0 aromatic heterocycles. The number of carbonyl (C=O) groups excluding carboxylic acids is 1. The van der Waals surface area contributed by atoms with Crippen LogP contribution >= 0.6 is 35.6 Å². The van der Waals surface area contributed by atoms with Crippen LogP contribution in [0.3, 0.4) is 0 Å². The molecular formula is C15H14ClNO3S2. The minimum Gasteiger partial charge on any atom is -0.480 e. The number of nitrogens with zero attached hydrogens (tertiary/aromatic N) is 1. The quantitative estimate of drug-likeness (QED) is 0.660. The number of hydrogen-bond donors (Lipinski definition) is 1. The number of halogens is 1. The molecule has 0 spiro atoms. The highest BCUT2D eigenvalue weighted by Crippen LogP contribution is 2.36. The van der Waals surface area contributed by atoms with Gasteiger partial charge in [-0.1, -0.05) is 67.6 Å². The predicted molar refractivity (Wildman–Crippen MR) is 92.7 cm³/mol. The van der Waals surface area contributed by atoms with Gasteiger partial charge in [0.05, 0.1) is 4.91 Å². The highest BCUT2D eigenvalue weighted by atomic mass is 35.5. The molecule has 0 radical (unpaired) electrons. The number of carboxylic acid groups (broad SMARTS) is 1. The number of aliphatic carboxylic acids is 1. The lowest BCUT2D eigenvalue weighted by atomic mass is 10.0. The molecule has 1 aromatic carbocycles. The Hall–Kier alpha value is -1.37. The average Bonchev–Trinajstić information content (AvgIpc) is 2.69. The van der Waals surface area contributed by atoms with Crippen molar-refractivity contribution in [1.82, 2.24) is 4.90 Å². The van der Waals surface area contributed by atoms with Gasteiger partial charge in [-0.15, -0.1) is 0 Å². The SMILES string of the molecule is CC(C)[C@@H](C(=O)O)N1C(=O)/C(=C/c2ccccc2Cl)SC1=S. The Labute approximate surface area is 143 Å². The minimum absolute atomic E-state index is 0.250. The molecule has 1 atom stereocenters. The largest absolute Gasteiger partial charge is 0.480 e. The summed E-state index contributed by atoms with van der Waals surface area (Å²) >= 11 is 12.4. The maximum absolute atomic E-state index is 12.5. The molecule has 22 heavy (non-hydrogen) atoms. The Kier molecular flexibility index (Phi) is 5.26. The van der Waals surface area contributed by atoms with Crippen LogP contribution in [0.25, 0.3) is 6.08 Å². The van der Waals surface area contributed by atoms with E-state index in [0.29, 0.717) is 15.5 Å². The molecule has 1 aliphatic heterocycles. The van der Waals surface area contributed by atoms with Crippen LogP contribution in [0.5, 0.6) is 0 Å². The lowest BCUT2D eigenvalue weighted by Crippen LogP contribution is -2.47. The van der Waals surface area contributed by atoms with E-state index in [0.717, 1.165) is 11.8 Å². The molecule has 0 aliphatic carbocycles. The second-order valence-corrected chi connectivity index (χ2v) is 7.18. The highest BCUT2D eigenvalue weighted by Gasteiger charge is 2.41. The summed E-state index contributed by atoms with van der Waals surface area (Å²) in [7, 11) is 0. The zero-order valence-electron chi connectivity index (χ0n) is 11.9. The fraction of sp³-hybridized carbons (Fsp3) is 0.267. The van der Waals surface area contributed by atoms with Crippen LogP contribution in [0.2, 0.25) is 5.02 Å². The molecular weight excluding hydrogens is 342 g/mol. The summed E-state index contributed by atoms with van der Waals surface area (Å²) in [5.74, 6) is -1.71. The normalized spacial score (nSPS) is 18.4. The molecule has 1 heterocycles. The smallest absolute Gasteiger partial charge is 0.327 e. The molecule has 0 bridgehead atoms. The van der Waals surface area contributed by atoms with Crippen molar-refractivity contribution in [3.63, 3.8) is 0 Å². The minimum atomic E-state index is -1.06. The third-order valence-electron chi connectivity index (χ3n) is 3.18. The van der Waals surface area contributed by atoms with Gasteiger partial charge >= 0.3 is 5.97 Å². The third-order valence-corrected chi connectivity index (χ3v) is 4.85. The van der Waals surface area contributed by atoms with E-state index in [-0.39, 0.29) is 10.2 Å². The first-order chi connectivity index (χ1) is 10.3. The van der Waals surface area contributed by atoms with E-state index in [2.05, 4.69) is 0 Å². The van der Waals surface area contributed by atoms with Crippen LogP contribution in [-0.2, 0) is 9.59 Å². The first-order valence-corrected chi connectivity index (χ1v) is 8.17. The van der Waals surface area contributed by atoms with E-state index >= 15 is 0 Å². The molecule has 1 aromatic rings. The molecule has 1 fully saturated rings. The number of carboxylic acids is 1. The van der Waals surface area contributed by atoms with E-state index in [1.54, 1.807) is 38.1 Å². The van der Waals surface area contributed by atoms with Gasteiger partial charge in [-0.3, -0.25) is 9.69 Å². The molecule has 116 valence electrons. The summed E-state index contributed by atoms with van der Waals surface area (Å²) in [6.45, 7) is 3.49. The van der Waals surface area contributed by atoms with Gasteiger partial charge < -0.3 is 5.11 Å². The predicted octanol–water partition coefficient (Wildman–Crippen LogP) is 3.65. The van der Waals surface area contributed by atoms with Crippen LogP contribution in [0, 0.1) is 5.92 Å². The van der Waals surface area contributed by atoms with Crippen molar-refractivity contribution in [2.75, 3.05) is 0 Å². The molecule has 1 saturated heterocycles. The van der Waals surface area contributed by atoms with Crippen molar-refractivity contribution in [1.29, 1.82) is 0 Å². The van der Waals surface area contributed by atoms with Gasteiger partial charge in [0.2, 0.25) is 0 Å². The summed E-state index contributed by atoms with van der Waals surface area (Å²) in [6.07, 6.45) is 1.64. The Morgan fingerprint density at radius 3 is 2.59 bits per heavy atom. The summed E-state index contributed by atoms with van der Waals surface area (Å²) < 4.78 is 0.254. The Morgan fingerprint density at radius 1 is 1.41 bits per heavy atom. The van der Waals surface area contributed by atoms with Crippen LogP contribution < -0.4 is 0 Å². The van der Waals surface area contributed by atoms with E-state index < -0.39 is 17.9 Å². The molecule has 0 unspecified atom stereocenters. The van der Waals surface area contributed by atoms with Gasteiger partial charge in [0.1, 0.15) is 10.4 Å². The van der Waals surface area contributed by atoms with Crippen molar-refractivity contribution in [2.45, 2.75) is 19.9 Å². The van der Waals surface area contributed by atoms with E-state index in [1.807, 2.05) is 6.07 Å². The highest BCUT2D eigenvalue weighted by molar-refractivity contribution is 8.26. The summed E-state index contributed by atoms with van der Waals surface area (Å²) in [5, 5.41) is 9.88. The van der Waals surface area contributed by atoms with Crippen molar-refractivity contribution in [3.05, 3.63) is 39.8 Å². The van der Waals surface area contributed by atoms with Crippen LogP contribution in [-0.4, -0.2) is 32.2 Å². The molecule has 7 heteroatoms. The summed E-state index contributed by atoms with van der Waals surface area (Å²) in [6, 6.07) is 6.15. The topological polar surface area (TPSA) is 57.6 Å². The average molecular weight is 356 g/mol. The van der Waals surface area contributed by atoms with E-state index in [4.69, 9.17) is 23.8 Å². The van der Waals surface area contributed by atoms with Gasteiger partial charge in [0.25, 0.3) is 5.91 Å². The zero-order chi connectivity index (χ0) is 16.4. The van der Waals surface area contributed by atoms with E-state index in [9.17, 15) is 14.7 Å². The maximum atomic E-state index is 12.5. The van der Waals surface area contributed by atoms with Crippen molar-refractivity contribution >= 4 is 57.9 Å². The van der Waals surface area contributed by atoms with E-state index in [1.165, 1.54) is 4.90 Å². The first-order valence-electron chi connectivity index (χ1n) is 6.57. The molecule has 0 saturated carbocycles. The Balaban J connectivity index is 2.37. The lowest BCUT2D eigenvalue weighted by Gasteiger charge is -2.26. The van der Waals surface area contributed by atoms with Crippen LogP contribution in [0.4, 0.5) is 0 Å². The number of hydrogen-bond acceptors (Lipinski definition) is 4. The lowest BCUT2D eigenvalue weighted by molar-refractivity contribution is -0.146. The molecule has 2 rings (SSSR count). The van der Waals surface area contributed by atoms with Crippen molar-refractivity contribution in [2.24, 2.45) is 5.92 Å². The fourth-order valence-electron chi connectivity index (χ4n) is 2.15. The summed E-state index contributed by atoms with van der Waals surface area (Å²) in [4.78, 5) is 25.5.